The SMILES string of the molecule is CC(C)(C)C[C@@H]1CCN1C(=O)OC(C)(C)C. The van der Waals surface area contributed by atoms with E-state index in [1.165, 1.54) is 0 Å². The molecular formula is C13H25NO2. The normalized spacial score (nSPS) is 21.6. The maximum atomic E-state index is 11.8. The molecule has 16 heavy (non-hydrogen) atoms. The molecule has 94 valence electrons. The third-order valence-corrected chi connectivity index (χ3v) is 2.62. The van der Waals surface area contributed by atoms with E-state index in [1.807, 2.05) is 25.7 Å². The first-order valence-electron chi connectivity index (χ1n) is 6.08. The minimum absolute atomic E-state index is 0.159. The van der Waals surface area contributed by atoms with Gasteiger partial charge in [0.2, 0.25) is 0 Å². The molecule has 1 aliphatic heterocycles. The van der Waals surface area contributed by atoms with Crippen molar-refractivity contribution in [1.82, 2.24) is 4.90 Å². The molecule has 1 atom stereocenters. The van der Waals surface area contributed by atoms with Gasteiger partial charge in [0, 0.05) is 12.6 Å². The van der Waals surface area contributed by atoms with Gasteiger partial charge in [0.25, 0.3) is 0 Å². The van der Waals surface area contributed by atoms with Gasteiger partial charge in [-0.1, -0.05) is 20.8 Å². The van der Waals surface area contributed by atoms with Crippen LogP contribution in [0.2, 0.25) is 0 Å². The summed E-state index contributed by atoms with van der Waals surface area (Å²) in [6, 6.07) is 0.370. The van der Waals surface area contributed by atoms with Crippen molar-refractivity contribution in [2.45, 2.75) is 66.0 Å². The van der Waals surface area contributed by atoms with Crippen molar-refractivity contribution in [1.29, 1.82) is 0 Å². The fourth-order valence-corrected chi connectivity index (χ4v) is 1.92. The van der Waals surface area contributed by atoms with E-state index in [1.54, 1.807) is 0 Å². The molecule has 0 N–H and O–H groups in total. The van der Waals surface area contributed by atoms with Crippen LogP contribution in [0.15, 0.2) is 0 Å². The molecule has 0 aromatic carbocycles. The number of hydrogen-bond acceptors (Lipinski definition) is 2. The summed E-state index contributed by atoms with van der Waals surface area (Å²) in [6.45, 7) is 13.2. The first-order valence-corrected chi connectivity index (χ1v) is 6.08. The number of amides is 1. The average Bonchev–Trinajstić information content (AvgIpc) is 1.92. The van der Waals surface area contributed by atoms with Gasteiger partial charge < -0.3 is 9.64 Å². The zero-order valence-corrected chi connectivity index (χ0v) is 11.5. The Morgan fingerprint density at radius 2 is 1.81 bits per heavy atom. The Hall–Kier alpha value is -0.730. The highest BCUT2D eigenvalue weighted by Crippen LogP contribution is 2.31. The van der Waals surface area contributed by atoms with Crippen molar-refractivity contribution < 1.29 is 9.53 Å². The van der Waals surface area contributed by atoms with Crippen molar-refractivity contribution >= 4 is 6.09 Å². The van der Waals surface area contributed by atoms with E-state index >= 15 is 0 Å². The fraction of sp³-hybridized carbons (Fsp3) is 0.923. The lowest BCUT2D eigenvalue weighted by atomic mass is 9.83. The van der Waals surface area contributed by atoms with Crippen LogP contribution in [0.1, 0.15) is 54.4 Å². The van der Waals surface area contributed by atoms with Crippen molar-refractivity contribution in [2.24, 2.45) is 5.41 Å². The fourth-order valence-electron chi connectivity index (χ4n) is 1.92. The van der Waals surface area contributed by atoms with E-state index in [0.29, 0.717) is 6.04 Å². The summed E-state index contributed by atoms with van der Waals surface area (Å²) in [6.07, 6.45) is 2.00. The summed E-state index contributed by atoms with van der Waals surface area (Å²) in [5.74, 6) is 0. The highest BCUT2D eigenvalue weighted by Gasteiger charge is 2.37. The van der Waals surface area contributed by atoms with E-state index in [9.17, 15) is 4.79 Å². The van der Waals surface area contributed by atoms with Crippen LogP contribution in [0.25, 0.3) is 0 Å². The molecular weight excluding hydrogens is 202 g/mol. The Labute approximate surface area is 99.1 Å². The van der Waals surface area contributed by atoms with Crippen molar-refractivity contribution in [3.8, 4) is 0 Å². The van der Waals surface area contributed by atoms with Crippen LogP contribution >= 0.6 is 0 Å². The Morgan fingerprint density at radius 3 is 2.12 bits per heavy atom. The van der Waals surface area contributed by atoms with Crippen molar-refractivity contribution in [3.63, 3.8) is 0 Å². The summed E-state index contributed by atoms with van der Waals surface area (Å²) < 4.78 is 5.37. The molecule has 0 spiro atoms. The quantitative estimate of drug-likeness (QED) is 0.687. The summed E-state index contributed by atoms with van der Waals surface area (Å²) >= 11 is 0. The maximum absolute atomic E-state index is 11.8. The molecule has 0 bridgehead atoms. The van der Waals surface area contributed by atoms with Gasteiger partial charge in [0.15, 0.2) is 0 Å². The smallest absolute Gasteiger partial charge is 0.410 e. The molecule has 0 aromatic rings. The molecule has 0 aliphatic carbocycles. The lowest BCUT2D eigenvalue weighted by Crippen LogP contribution is -2.53. The third kappa shape index (κ3) is 4.03. The highest BCUT2D eigenvalue weighted by atomic mass is 16.6. The van der Waals surface area contributed by atoms with Crippen LogP contribution in [-0.4, -0.2) is 29.2 Å². The number of rotatable bonds is 1. The number of nitrogens with zero attached hydrogens (tertiary/aromatic N) is 1. The van der Waals surface area contributed by atoms with Crippen molar-refractivity contribution in [2.75, 3.05) is 6.54 Å². The van der Waals surface area contributed by atoms with Crippen molar-refractivity contribution in [3.05, 3.63) is 0 Å². The summed E-state index contributed by atoms with van der Waals surface area (Å²) in [5.41, 5.74) is -0.121. The second-order valence-electron chi connectivity index (χ2n) is 6.88. The van der Waals surface area contributed by atoms with Crippen LogP contribution in [0.3, 0.4) is 0 Å². The summed E-state index contributed by atoms with van der Waals surface area (Å²) in [4.78, 5) is 13.7. The highest BCUT2D eigenvalue weighted by molar-refractivity contribution is 5.69. The lowest BCUT2D eigenvalue weighted by molar-refractivity contribution is -0.0124. The van der Waals surface area contributed by atoms with Crippen LogP contribution in [-0.2, 0) is 4.74 Å². The Bertz CT molecular complexity index is 260. The van der Waals surface area contributed by atoms with Gasteiger partial charge in [-0.3, -0.25) is 0 Å². The zero-order chi connectivity index (χ0) is 12.6. The van der Waals surface area contributed by atoms with Crippen LogP contribution in [0.4, 0.5) is 4.79 Å². The topological polar surface area (TPSA) is 29.5 Å². The van der Waals surface area contributed by atoms with Gasteiger partial charge in [0.1, 0.15) is 5.60 Å². The molecule has 1 fully saturated rings. The Morgan fingerprint density at radius 1 is 1.25 bits per heavy atom. The maximum Gasteiger partial charge on any atom is 0.410 e. The Balaban J connectivity index is 2.47. The van der Waals surface area contributed by atoms with Gasteiger partial charge in [-0.15, -0.1) is 0 Å². The van der Waals surface area contributed by atoms with Gasteiger partial charge in [-0.2, -0.15) is 0 Å². The number of ether oxygens (including phenoxy) is 1. The Kier molecular flexibility index (Phi) is 3.56. The second-order valence-corrected chi connectivity index (χ2v) is 6.88. The number of carbonyl (C=O) groups is 1. The van der Waals surface area contributed by atoms with E-state index in [4.69, 9.17) is 4.74 Å². The minimum Gasteiger partial charge on any atom is -0.444 e. The first-order chi connectivity index (χ1) is 7.08. The molecule has 1 rings (SSSR count). The van der Waals surface area contributed by atoms with Crippen LogP contribution in [0, 0.1) is 5.41 Å². The molecule has 0 radical (unpaired) electrons. The lowest BCUT2D eigenvalue weighted by Gasteiger charge is -2.44. The van der Waals surface area contributed by atoms with E-state index < -0.39 is 0 Å². The number of likely N-dealkylation sites (tertiary alicyclic amines) is 1. The molecule has 3 nitrogen and oxygen atoms in total. The first kappa shape index (κ1) is 13.3. The monoisotopic (exact) mass is 227 g/mol. The predicted molar refractivity (Wildman–Crippen MR) is 65.4 cm³/mol. The molecule has 1 saturated heterocycles. The minimum atomic E-state index is -0.390. The predicted octanol–water partition coefficient (Wildman–Crippen LogP) is 3.43. The summed E-state index contributed by atoms with van der Waals surface area (Å²) in [5, 5.41) is 0. The van der Waals surface area contributed by atoms with Gasteiger partial charge in [-0.25, -0.2) is 4.79 Å². The molecule has 1 heterocycles. The molecule has 0 unspecified atom stereocenters. The van der Waals surface area contributed by atoms with E-state index in [0.717, 1.165) is 19.4 Å². The van der Waals surface area contributed by atoms with E-state index in [-0.39, 0.29) is 17.1 Å². The molecule has 1 aliphatic rings. The van der Waals surface area contributed by atoms with Gasteiger partial charge in [-0.05, 0) is 39.0 Å². The van der Waals surface area contributed by atoms with Gasteiger partial charge in [0.05, 0.1) is 0 Å². The number of carbonyl (C=O) groups excluding carboxylic acids is 1. The average molecular weight is 227 g/mol. The number of hydrogen-bond donors (Lipinski definition) is 0. The molecule has 0 aromatic heterocycles. The molecule has 1 amide bonds. The van der Waals surface area contributed by atoms with Crippen LogP contribution < -0.4 is 0 Å². The van der Waals surface area contributed by atoms with Gasteiger partial charge >= 0.3 is 6.09 Å². The third-order valence-electron chi connectivity index (χ3n) is 2.62. The second kappa shape index (κ2) is 4.27. The molecule has 0 saturated carbocycles. The van der Waals surface area contributed by atoms with Crippen LogP contribution in [0.5, 0.6) is 0 Å². The van der Waals surface area contributed by atoms with E-state index in [2.05, 4.69) is 20.8 Å². The largest absolute Gasteiger partial charge is 0.444 e. The summed E-state index contributed by atoms with van der Waals surface area (Å²) in [7, 11) is 0. The standard InChI is InChI=1S/C13H25NO2/c1-12(2,3)9-10-7-8-14(10)11(15)16-13(4,5)6/h10H,7-9H2,1-6H3/t10-/m0/s1. The molecule has 3 heteroatoms. The zero-order valence-electron chi connectivity index (χ0n) is 11.5.